The molecule has 0 aliphatic carbocycles. The van der Waals surface area contributed by atoms with Crippen molar-refractivity contribution < 1.29 is 14.4 Å². The number of nitrogens with one attached hydrogen (secondary N) is 2. The topological polar surface area (TPSA) is 101 Å². The van der Waals surface area contributed by atoms with Crippen molar-refractivity contribution in [1.82, 2.24) is 10.9 Å². The lowest BCUT2D eigenvalue weighted by molar-refractivity contribution is 0.369. The smallest absolute Gasteiger partial charge is 0.322 e. The summed E-state index contributed by atoms with van der Waals surface area (Å²) >= 11 is 0. The first-order chi connectivity index (χ1) is 3.11. The predicted molar refractivity (Wildman–Crippen MR) is 22.1 cm³/mol. The summed E-state index contributed by atoms with van der Waals surface area (Å²) in [4.78, 5) is 16.3. The van der Waals surface area contributed by atoms with Crippen LogP contribution in [0.5, 0.6) is 0 Å². The van der Waals surface area contributed by atoms with Gasteiger partial charge in [0.2, 0.25) is 0 Å². The van der Waals surface area contributed by atoms with Crippen molar-refractivity contribution in [3.05, 3.63) is 0 Å². The molecule has 0 aromatic heterocycles. The maximum absolute atomic E-state index is 9.96. The van der Waals surface area contributed by atoms with E-state index in [1.54, 1.807) is 0 Å². The zero-order valence-corrected chi connectivity index (χ0v) is 4.22. The molecular formula is CH5N2O3P. The molecule has 0 bridgehead atoms. The van der Waals surface area contributed by atoms with E-state index in [0.717, 1.165) is 0 Å². The molecular weight excluding hydrogens is 119 g/mol. The van der Waals surface area contributed by atoms with Gasteiger partial charge in [0.25, 0.3) is 0 Å². The lowest BCUT2D eigenvalue weighted by Crippen LogP contribution is -1.91. The Labute approximate surface area is 39.9 Å². The van der Waals surface area contributed by atoms with Crippen LogP contribution >= 0.6 is 7.60 Å². The highest BCUT2D eigenvalue weighted by atomic mass is 31.2. The molecule has 1 saturated heterocycles. The van der Waals surface area contributed by atoms with Crippen LogP contribution in [-0.2, 0) is 4.57 Å². The van der Waals surface area contributed by atoms with E-state index in [0.29, 0.717) is 0 Å². The number of hydrogen-bond acceptors (Lipinski definition) is 3. The molecule has 1 fully saturated rings. The first-order valence-electron chi connectivity index (χ1n) is 1.67. The minimum atomic E-state index is -3.85. The number of hydrogen-bond donors (Lipinski definition) is 4. The molecule has 4 N–H and O–H groups in total. The Bertz CT molecular complexity index is 114. The summed E-state index contributed by atoms with van der Waals surface area (Å²) in [6.45, 7) is 0. The molecule has 0 aromatic rings. The Morgan fingerprint density at radius 3 is 1.86 bits per heavy atom. The third kappa shape index (κ3) is 1.22. The molecule has 0 spiro atoms. The maximum Gasteiger partial charge on any atom is 0.359 e. The Hall–Kier alpha value is 0.0700. The SMILES string of the molecule is O=P(O)(O)C1NN1. The lowest BCUT2D eigenvalue weighted by atomic mass is 11.4. The van der Waals surface area contributed by atoms with Crippen molar-refractivity contribution in [1.29, 1.82) is 0 Å². The summed E-state index contributed by atoms with van der Waals surface area (Å²) in [7, 11) is -3.85. The molecule has 6 heteroatoms. The van der Waals surface area contributed by atoms with Gasteiger partial charge in [-0.3, -0.25) is 4.57 Å². The van der Waals surface area contributed by atoms with Gasteiger partial charge in [0.15, 0.2) is 5.91 Å². The minimum Gasteiger partial charge on any atom is -0.322 e. The van der Waals surface area contributed by atoms with E-state index in [1.807, 2.05) is 0 Å². The van der Waals surface area contributed by atoms with Crippen molar-refractivity contribution >= 4 is 7.60 Å². The average molecular weight is 124 g/mol. The summed E-state index contributed by atoms with van der Waals surface area (Å²) in [5.41, 5.74) is 4.52. The predicted octanol–water partition coefficient (Wildman–Crippen LogP) is -1.44. The van der Waals surface area contributed by atoms with E-state index in [9.17, 15) is 4.57 Å². The largest absolute Gasteiger partial charge is 0.359 e. The van der Waals surface area contributed by atoms with Gasteiger partial charge in [0, 0.05) is 0 Å². The lowest BCUT2D eigenvalue weighted by Gasteiger charge is -1.92. The molecule has 7 heavy (non-hydrogen) atoms. The van der Waals surface area contributed by atoms with Crippen LogP contribution in [-0.4, -0.2) is 15.7 Å². The summed E-state index contributed by atoms with van der Waals surface area (Å²) in [6.07, 6.45) is 0. The fourth-order valence-corrected chi connectivity index (χ4v) is 0.616. The van der Waals surface area contributed by atoms with Gasteiger partial charge in [-0.2, -0.15) is 0 Å². The van der Waals surface area contributed by atoms with Gasteiger partial charge >= 0.3 is 7.60 Å². The van der Waals surface area contributed by atoms with E-state index in [2.05, 4.69) is 10.9 Å². The molecule has 0 atom stereocenters. The fourth-order valence-electron chi connectivity index (χ4n) is 0.205. The standard InChI is InChI=1S/CH5N2O3P/c4-7(5,6)1-2-3-1/h1-3H,(H2,4,5,6). The van der Waals surface area contributed by atoms with E-state index in [4.69, 9.17) is 9.79 Å². The Kier molecular flexibility index (Phi) is 0.948. The molecule has 0 saturated carbocycles. The molecule has 0 amide bonds. The van der Waals surface area contributed by atoms with Gasteiger partial charge < -0.3 is 9.79 Å². The van der Waals surface area contributed by atoms with Crippen LogP contribution in [0.1, 0.15) is 0 Å². The molecule has 1 rings (SSSR count). The molecule has 5 nitrogen and oxygen atoms in total. The van der Waals surface area contributed by atoms with Crippen LogP contribution in [0.25, 0.3) is 0 Å². The first-order valence-corrected chi connectivity index (χ1v) is 3.35. The fraction of sp³-hybridized carbons (Fsp3) is 1.00. The number of hydrazine groups is 1. The zero-order chi connectivity index (χ0) is 5.49. The van der Waals surface area contributed by atoms with E-state index < -0.39 is 13.5 Å². The van der Waals surface area contributed by atoms with E-state index in [-0.39, 0.29) is 0 Å². The second-order valence-electron chi connectivity index (χ2n) is 1.28. The monoisotopic (exact) mass is 124 g/mol. The Balaban J connectivity index is 2.52. The van der Waals surface area contributed by atoms with Gasteiger partial charge in [-0.25, -0.2) is 10.9 Å². The highest BCUT2D eigenvalue weighted by Gasteiger charge is 2.37. The third-order valence-corrected chi connectivity index (χ3v) is 1.54. The highest BCUT2D eigenvalue weighted by molar-refractivity contribution is 7.52. The summed E-state index contributed by atoms with van der Waals surface area (Å²) < 4.78 is 9.96. The normalized spacial score (nSPS) is 22.6. The molecule has 0 unspecified atom stereocenters. The second-order valence-corrected chi connectivity index (χ2v) is 2.97. The van der Waals surface area contributed by atoms with Crippen molar-refractivity contribution in [2.75, 3.05) is 0 Å². The highest BCUT2D eigenvalue weighted by Crippen LogP contribution is 2.41. The zero-order valence-electron chi connectivity index (χ0n) is 3.33. The average Bonchev–Trinajstić information content (AvgIpc) is 1.99. The Morgan fingerprint density at radius 2 is 1.86 bits per heavy atom. The van der Waals surface area contributed by atoms with Crippen LogP contribution in [0.4, 0.5) is 0 Å². The molecule has 1 aliphatic heterocycles. The van der Waals surface area contributed by atoms with Crippen LogP contribution in [0.3, 0.4) is 0 Å². The van der Waals surface area contributed by atoms with Gasteiger partial charge in [-0.05, 0) is 0 Å². The van der Waals surface area contributed by atoms with Crippen LogP contribution in [0.15, 0.2) is 0 Å². The maximum atomic E-state index is 9.96. The van der Waals surface area contributed by atoms with Crippen LogP contribution in [0, 0.1) is 0 Å². The minimum absolute atomic E-state index is 0.785. The summed E-state index contributed by atoms with van der Waals surface area (Å²) in [5.74, 6) is -0.785. The summed E-state index contributed by atoms with van der Waals surface area (Å²) in [6, 6.07) is 0. The number of rotatable bonds is 1. The Morgan fingerprint density at radius 1 is 1.43 bits per heavy atom. The van der Waals surface area contributed by atoms with Crippen molar-refractivity contribution in [3.8, 4) is 0 Å². The van der Waals surface area contributed by atoms with Gasteiger partial charge in [0.05, 0.1) is 0 Å². The molecule has 0 radical (unpaired) electrons. The second kappa shape index (κ2) is 1.27. The van der Waals surface area contributed by atoms with Crippen molar-refractivity contribution in [2.45, 2.75) is 5.91 Å². The van der Waals surface area contributed by atoms with Gasteiger partial charge in [-0.1, -0.05) is 0 Å². The van der Waals surface area contributed by atoms with Crippen molar-refractivity contribution in [2.24, 2.45) is 0 Å². The molecule has 1 aliphatic rings. The van der Waals surface area contributed by atoms with Crippen molar-refractivity contribution in [3.63, 3.8) is 0 Å². The first kappa shape index (κ1) is 5.21. The van der Waals surface area contributed by atoms with Crippen LogP contribution in [0.2, 0.25) is 0 Å². The van der Waals surface area contributed by atoms with Gasteiger partial charge in [0.1, 0.15) is 0 Å². The summed E-state index contributed by atoms with van der Waals surface area (Å²) in [5, 5.41) is 0. The molecule has 1 heterocycles. The molecule has 42 valence electrons. The van der Waals surface area contributed by atoms with E-state index >= 15 is 0 Å². The van der Waals surface area contributed by atoms with Crippen LogP contribution < -0.4 is 10.9 Å². The third-order valence-electron chi connectivity index (χ3n) is 0.610. The van der Waals surface area contributed by atoms with E-state index in [1.165, 1.54) is 0 Å². The molecule has 0 aromatic carbocycles. The quantitative estimate of drug-likeness (QED) is 0.253. The van der Waals surface area contributed by atoms with Gasteiger partial charge in [-0.15, -0.1) is 0 Å².